The molecule has 1 heterocycles. The number of rotatable bonds is 3. The fourth-order valence-electron chi connectivity index (χ4n) is 2.75. The molecule has 0 amide bonds. The van der Waals surface area contributed by atoms with Crippen molar-refractivity contribution < 1.29 is 14.8 Å². The molecule has 108 valence electrons. The summed E-state index contributed by atoms with van der Waals surface area (Å²) < 4.78 is 0. The van der Waals surface area contributed by atoms with E-state index in [0.29, 0.717) is 12.5 Å². The normalized spacial score (nSPS) is 22.6. The van der Waals surface area contributed by atoms with Crippen LogP contribution in [0.1, 0.15) is 37.0 Å². The van der Waals surface area contributed by atoms with E-state index >= 15 is 0 Å². The summed E-state index contributed by atoms with van der Waals surface area (Å²) in [5.74, 6) is -0.734. The molecule has 0 aromatic heterocycles. The average Bonchev–Trinajstić information content (AvgIpc) is 2.40. The van der Waals surface area contributed by atoms with Crippen LogP contribution in [0.3, 0.4) is 0 Å². The number of benzene rings is 1. The number of hydrogen-bond donors (Lipinski definition) is 1. The van der Waals surface area contributed by atoms with Crippen LogP contribution in [0.15, 0.2) is 18.2 Å². The molecule has 0 aliphatic carbocycles. The van der Waals surface area contributed by atoms with E-state index in [1.165, 1.54) is 18.2 Å². The molecule has 2 unspecified atom stereocenters. The molecule has 0 saturated carbocycles. The van der Waals surface area contributed by atoms with E-state index in [1.54, 1.807) is 0 Å². The summed E-state index contributed by atoms with van der Waals surface area (Å²) in [6.07, 6.45) is 1.97. The van der Waals surface area contributed by atoms with Crippen molar-refractivity contribution >= 4 is 17.3 Å². The van der Waals surface area contributed by atoms with Crippen LogP contribution in [0, 0.1) is 16.0 Å². The maximum absolute atomic E-state index is 11.4. The minimum absolute atomic E-state index is 0.000139. The van der Waals surface area contributed by atoms with Gasteiger partial charge in [-0.1, -0.05) is 13.0 Å². The minimum atomic E-state index is -1.13. The number of carbonyl (C=O) groups is 1. The molecular weight excluding hydrogens is 260 g/mol. The summed E-state index contributed by atoms with van der Waals surface area (Å²) in [6.45, 7) is 4.70. The first-order chi connectivity index (χ1) is 9.41. The number of nitro groups is 1. The lowest BCUT2D eigenvalue weighted by molar-refractivity contribution is -0.384. The Labute approximate surface area is 117 Å². The number of piperidine rings is 1. The van der Waals surface area contributed by atoms with Gasteiger partial charge in [0, 0.05) is 18.7 Å². The van der Waals surface area contributed by atoms with Gasteiger partial charge in [0.2, 0.25) is 0 Å². The second-order valence-electron chi connectivity index (χ2n) is 5.42. The smallest absolute Gasteiger partial charge is 0.338 e. The Bertz CT molecular complexity index is 512. The predicted octanol–water partition coefficient (Wildman–Crippen LogP) is 2.92. The minimum Gasteiger partial charge on any atom is -0.478 e. The van der Waals surface area contributed by atoms with Crippen LogP contribution in [-0.4, -0.2) is 28.6 Å². The third-order valence-corrected chi connectivity index (χ3v) is 3.85. The Morgan fingerprint density at radius 2 is 2.10 bits per heavy atom. The van der Waals surface area contributed by atoms with Gasteiger partial charge < -0.3 is 10.0 Å². The van der Waals surface area contributed by atoms with Crippen molar-refractivity contribution in [1.82, 2.24) is 0 Å². The van der Waals surface area contributed by atoms with Gasteiger partial charge in [-0.2, -0.15) is 0 Å². The van der Waals surface area contributed by atoms with Crippen molar-refractivity contribution in [3.8, 4) is 0 Å². The second-order valence-corrected chi connectivity index (χ2v) is 5.42. The molecule has 2 atom stereocenters. The number of nitro benzene ring substituents is 1. The van der Waals surface area contributed by atoms with E-state index in [0.717, 1.165) is 12.8 Å². The summed E-state index contributed by atoms with van der Waals surface area (Å²) >= 11 is 0. The van der Waals surface area contributed by atoms with Gasteiger partial charge in [-0.05, 0) is 31.7 Å². The number of carboxylic acid groups (broad SMARTS) is 1. The molecule has 1 saturated heterocycles. The standard InChI is InChI=1S/C14H18N2O4/c1-9-6-7-10(2)15(8-9)13-11(14(17)18)4-3-5-12(13)16(19)20/h3-5,9-10H,6-8H2,1-2H3,(H,17,18). The van der Waals surface area contributed by atoms with Gasteiger partial charge in [0.05, 0.1) is 10.5 Å². The molecule has 1 fully saturated rings. The van der Waals surface area contributed by atoms with Crippen molar-refractivity contribution in [3.05, 3.63) is 33.9 Å². The molecule has 0 spiro atoms. The fourth-order valence-corrected chi connectivity index (χ4v) is 2.75. The molecule has 6 nitrogen and oxygen atoms in total. The molecular formula is C14H18N2O4. The lowest BCUT2D eigenvalue weighted by Crippen LogP contribution is -2.42. The maximum atomic E-state index is 11.4. The van der Waals surface area contributed by atoms with Gasteiger partial charge in [-0.25, -0.2) is 4.79 Å². The topological polar surface area (TPSA) is 83.7 Å². The molecule has 1 aromatic rings. The van der Waals surface area contributed by atoms with Gasteiger partial charge >= 0.3 is 5.97 Å². The summed E-state index contributed by atoms with van der Waals surface area (Å²) in [4.78, 5) is 24.0. The van der Waals surface area contributed by atoms with Gasteiger partial charge in [0.1, 0.15) is 5.69 Å². The number of anilines is 1. The summed E-state index contributed by atoms with van der Waals surface area (Å²) in [6, 6.07) is 4.32. The zero-order valence-electron chi connectivity index (χ0n) is 11.6. The van der Waals surface area contributed by atoms with Gasteiger partial charge in [-0.3, -0.25) is 10.1 Å². The highest BCUT2D eigenvalue weighted by atomic mass is 16.6. The highest BCUT2D eigenvalue weighted by Gasteiger charge is 2.32. The molecule has 2 rings (SSSR count). The molecule has 0 bridgehead atoms. The molecule has 1 aliphatic rings. The molecule has 1 N–H and O–H groups in total. The van der Waals surface area contributed by atoms with Crippen LogP contribution < -0.4 is 4.90 Å². The second kappa shape index (κ2) is 5.48. The fraction of sp³-hybridized carbons (Fsp3) is 0.500. The van der Waals surface area contributed by atoms with E-state index in [9.17, 15) is 20.0 Å². The van der Waals surface area contributed by atoms with Gasteiger partial charge in [0.25, 0.3) is 5.69 Å². The van der Waals surface area contributed by atoms with Crippen LogP contribution in [0.4, 0.5) is 11.4 Å². The molecule has 1 aromatic carbocycles. The predicted molar refractivity (Wildman–Crippen MR) is 75.3 cm³/mol. The van der Waals surface area contributed by atoms with Crippen LogP contribution in [0.5, 0.6) is 0 Å². The zero-order chi connectivity index (χ0) is 14.9. The highest BCUT2D eigenvalue weighted by Crippen LogP contribution is 2.37. The SMILES string of the molecule is CC1CCC(C)N(c2c(C(=O)O)cccc2[N+](=O)[O-])C1. The molecule has 6 heteroatoms. The summed E-state index contributed by atoms with van der Waals surface area (Å²) in [5, 5.41) is 20.5. The average molecular weight is 278 g/mol. The van der Waals surface area contributed by atoms with Crippen molar-refractivity contribution in [2.75, 3.05) is 11.4 Å². The van der Waals surface area contributed by atoms with E-state index in [-0.39, 0.29) is 23.0 Å². The Hall–Kier alpha value is -2.11. The molecule has 20 heavy (non-hydrogen) atoms. The largest absolute Gasteiger partial charge is 0.478 e. The van der Waals surface area contributed by atoms with Gasteiger partial charge in [-0.15, -0.1) is 0 Å². The Morgan fingerprint density at radius 1 is 1.40 bits per heavy atom. The Morgan fingerprint density at radius 3 is 2.70 bits per heavy atom. The van der Waals surface area contributed by atoms with Crippen LogP contribution in [0.2, 0.25) is 0 Å². The highest BCUT2D eigenvalue weighted by molar-refractivity contribution is 5.97. The summed E-state index contributed by atoms with van der Waals surface area (Å²) in [7, 11) is 0. The monoisotopic (exact) mass is 278 g/mol. The number of para-hydroxylation sites is 1. The van der Waals surface area contributed by atoms with Crippen LogP contribution >= 0.6 is 0 Å². The third kappa shape index (κ3) is 2.59. The number of aromatic carboxylic acids is 1. The van der Waals surface area contributed by atoms with E-state index in [4.69, 9.17) is 0 Å². The molecule has 0 radical (unpaired) electrons. The van der Waals surface area contributed by atoms with Crippen molar-refractivity contribution in [2.45, 2.75) is 32.7 Å². The quantitative estimate of drug-likeness (QED) is 0.679. The van der Waals surface area contributed by atoms with E-state index < -0.39 is 10.9 Å². The van der Waals surface area contributed by atoms with Crippen LogP contribution in [-0.2, 0) is 0 Å². The first-order valence-corrected chi connectivity index (χ1v) is 6.69. The van der Waals surface area contributed by atoms with Crippen molar-refractivity contribution in [1.29, 1.82) is 0 Å². The lowest BCUT2D eigenvalue weighted by atomic mass is 9.93. The van der Waals surface area contributed by atoms with Crippen molar-refractivity contribution in [3.63, 3.8) is 0 Å². The van der Waals surface area contributed by atoms with Gasteiger partial charge in [0.15, 0.2) is 0 Å². The Kier molecular flexibility index (Phi) is 3.92. The third-order valence-electron chi connectivity index (χ3n) is 3.85. The number of hydrogen-bond acceptors (Lipinski definition) is 4. The Balaban J connectivity index is 2.57. The maximum Gasteiger partial charge on any atom is 0.338 e. The zero-order valence-corrected chi connectivity index (χ0v) is 11.6. The summed E-state index contributed by atoms with van der Waals surface area (Å²) in [5.41, 5.74) is 0.107. The first kappa shape index (κ1) is 14.3. The van der Waals surface area contributed by atoms with Crippen LogP contribution in [0.25, 0.3) is 0 Å². The van der Waals surface area contributed by atoms with E-state index in [2.05, 4.69) is 6.92 Å². The lowest BCUT2D eigenvalue weighted by Gasteiger charge is -2.38. The number of nitrogens with zero attached hydrogens (tertiary/aromatic N) is 2. The van der Waals surface area contributed by atoms with E-state index in [1.807, 2.05) is 11.8 Å². The number of carboxylic acids is 1. The van der Waals surface area contributed by atoms with Crippen molar-refractivity contribution in [2.24, 2.45) is 5.92 Å². The first-order valence-electron chi connectivity index (χ1n) is 6.69. The molecule has 1 aliphatic heterocycles.